The van der Waals surface area contributed by atoms with E-state index in [4.69, 9.17) is 9.84 Å². The number of aliphatic hydroxyl groups is 1. The highest BCUT2D eigenvalue weighted by Gasteiger charge is 1.97. The third-order valence-electron chi connectivity index (χ3n) is 1.63. The van der Waals surface area contributed by atoms with E-state index >= 15 is 0 Å². The van der Waals surface area contributed by atoms with E-state index in [9.17, 15) is 0 Å². The lowest BCUT2D eigenvalue weighted by Crippen LogP contribution is -2.12. The number of anilines is 1. The number of hydrogen-bond acceptors (Lipinski definition) is 3. The molecule has 0 aliphatic heterocycles. The van der Waals surface area contributed by atoms with Gasteiger partial charge in [-0.3, -0.25) is 0 Å². The van der Waals surface area contributed by atoms with E-state index in [0.29, 0.717) is 6.61 Å². The van der Waals surface area contributed by atoms with Crippen molar-refractivity contribution in [2.75, 3.05) is 19.0 Å². The average Bonchev–Trinajstić information content (AvgIpc) is 2.15. The van der Waals surface area contributed by atoms with Crippen LogP contribution in [-0.4, -0.2) is 24.9 Å². The van der Waals surface area contributed by atoms with Crippen molar-refractivity contribution in [1.29, 1.82) is 0 Å². The van der Waals surface area contributed by atoms with Crippen LogP contribution in [0.2, 0.25) is 0 Å². The average molecular weight is 181 g/mol. The number of aliphatic hydroxyl groups excluding tert-OH is 1. The molecule has 0 saturated carbocycles. The van der Waals surface area contributed by atoms with Crippen molar-refractivity contribution < 1.29 is 9.84 Å². The van der Waals surface area contributed by atoms with Crippen LogP contribution in [0.1, 0.15) is 6.92 Å². The highest BCUT2D eigenvalue weighted by Crippen LogP contribution is 2.14. The maximum Gasteiger partial charge on any atom is 0.119 e. The van der Waals surface area contributed by atoms with Crippen LogP contribution >= 0.6 is 0 Å². The Bertz CT molecular complexity index is 244. The van der Waals surface area contributed by atoms with Gasteiger partial charge in [-0.25, -0.2) is 0 Å². The molecule has 1 unspecified atom stereocenters. The molecular formula is C10H15NO2. The summed E-state index contributed by atoms with van der Waals surface area (Å²) in [5, 5.41) is 12.0. The monoisotopic (exact) mass is 181 g/mol. The Kier molecular flexibility index (Phi) is 3.58. The lowest BCUT2D eigenvalue weighted by atomic mass is 10.3. The number of benzene rings is 1. The fraction of sp³-hybridized carbons (Fsp3) is 0.400. The molecule has 3 heteroatoms. The highest BCUT2D eigenvalue weighted by molar-refractivity contribution is 5.45. The second-order valence-corrected chi connectivity index (χ2v) is 2.93. The zero-order valence-electron chi connectivity index (χ0n) is 7.95. The van der Waals surface area contributed by atoms with E-state index in [2.05, 4.69) is 5.32 Å². The van der Waals surface area contributed by atoms with E-state index in [0.717, 1.165) is 11.4 Å². The summed E-state index contributed by atoms with van der Waals surface area (Å²) in [4.78, 5) is 0. The van der Waals surface area contributed by atoms with Crippen molar-refractivity contribution in [2.45, 2.75) is 13.0 Å². The lowest BCUT2D eigenvalue weighted by Gasteiger charge is -2.08. The van der Waals surface area contributed by atoms with Crippen molar-refractivity contribution in [1.82, 2.24) is 0 Å². The Balaban J connectivity index is 2.49. The summed E-state index contributed by atoms with van der Waals surface area (Å²) in [6, 6.07) is 7.59. The molecule has 72 valence electrons. The smallest absolute Gasteiger partial charge is 0.119 e. The van der Waals surface area contributed by atoms with Crippen LogP contribution in [0.25, 0.3) is 0 Å². The highest BCUT2D eigenvalue weighted by atomic mass is 16.5. The zero-order chi connectivity index (χ0) is 9.68. The number of ether oxygens (including phenoxy) is 1. The summed E-state index contributed by atoms with van der Waals surface area (Å²) in [5.74, 6) is 0.778. The van der Waals surface area contributed by atoms with E-state index < -0.39 is 6.10 Å². The third kappa shape index (κ3) is 3.34. The number of nitrogens with one attached hydrogen (secondary N) is 1. The molecule has 0 radical (unpaired) electrons. The molecule has 0 amide bonds. The van der Waals surface area contributed by atoms with Crippen molar-refractivity contribution >= 4 is 5.69 Å². The first-order chi connectivity index (χ1) is 6.22. The summed E-state index contributed by atoms with van der Waals surface area (Å²) in [7, 11) is 1.87. The maximum atomic E-state index is 8.98. The second kappa shape index (κ2) is 4.72. The molecule has 0 aromatic heterocycles. The molecule has 13 heavy (non-hydrogen) atoms. The molecule has 0 aliphatic carbocycles. The van der Waals surface area contributed by atoms with Gasteiger partial charge in [0.05, 0.1) is 6.10 Å². The summed E-state index contributed by atoms with van der Waals surface area (Å²) in [6.07, 6.45) is -0.427. The van der Waals surface area contributed by atoms with Gasteiger partial charge in [-0.15, -0.1) is 0 Å². The SMILES string of the molecule is CNc1ccc(OCC(C)O)cc1. The van der Waals surface area contributed by atoms with Gasteiger partial charge in [-0.05, 0) is 31.2 Å². The first-order valence-electron chi connectivity index (χ1n) is 4.31. The first-order valence-corrected chi connectivity index (χ1v) is 4.31. The van der Waals surface area contributed by atoms with Crippen molar-refractivity contribution in [2.24, 2.45) is 0 Å². The Labute approximate surface area is 78.3 Å². The fourth-order valence-corrected chi connectivity index (χ4v) is 0.935. The van der Waals surface area contributed by atoms with Crippen LogP contribution in [0.3, 0.4) is 0 Å². The normalized spacial score (nSPS) is 12.2. The lowest BCUT2D eigenvalue weighted by molar-refractivity contribution is 0.123. The van der Waals surface area contributed by atoms with Crippen LogP contribution in [0.5, 0.6) is 5.75 Å². The van der Waals surface area contributed by atoms with Gasteiger partial charge in [-0.1, -0.05) is 0 Å². The Morgan fingerprint density at radius 1 is 1.38 bits per heavy atom. The van der Waals surface area contributed by atoms with Crippen molar-refractivity contribution in [3.05, 3.63) is 24.3 Å². The Morgan fingerprint density at radius 3 is 2.46 bits per heavy atom. The van der Waals surface area contributed by atoms with Crippen LogP contribution in [0.4, 0.5) is 5.69 Å². The summed E-state index contributed by atoms with van der Waals surface area (Å²) in [6.45, 7) is 2.03. The molecule has 1 aromatic carbocycles. The first kappa shape index (κ1) is 9.86. The minimum absolute atomic E-state index is 0.332. The summed E-state index contributed by atoms with van der Waals surface area (Å²) >= 11 is 0. The van der Waals surface area contributed by atoms with Gasteiger partial charge in [0.1, 0.15) is 12.4 Å². The van der Waals surface area contributed by atoms with Crippen LogP contribution in [0, 0.1) is 0 Å². The van der Waals surface area contributed by atoms with Gasteiger partial charge >= 0.3 is 0 Å². The minimum atomic E-state index is -0.427. The topological polar surface area (TPSA) is 41.5 Å². The van der Waals surface area contributed by atoms with Gasteiger partial charge in [0.2, 0.25) is 0 Å². The minimum Gasteiger partial charge on any atom is -0.491 e. The molecular weight excluding hydrogens is 166 g/mol. The van der Waals surface area contributed by atoms with E-state index in [1.54, 1.807) is 6.92 Å². The van der Waals surface area contributed by atoms with Crippen LogP contribution < -0.4 is 10.1 Å². The van der Waals surface area contributed by atoms with E-state index in [1.807, 2.05) is 31.3 Å². The fourth-order valence-electron chi connectivity index (χ4n) is 0.935. The molecule has 1 aromatic rings. The Hall–Kier alpha value is -1.22. The number of hydrogen-bond donors (Lipinski definition) is 2. The third-order valence-corrected chi connectivity index (χ3v) is 1.63. The van der Waals surface area contributed by atoms with Crippen LogP contribution in [0.15, 0.2) is 24.3 Å². The van der Waals surface area contributed by atoms with Gasteiger partial charge in [0, 0.05) is 12.7 Å². The van der Waals surface area contributed by atoms with Gasteiger partial charge in [-0.2, -0.15) is 0 Å². The molecule has 2 N–H and O–H groups in total. The quantitative estimate of drug-likeness (QED) is 0.739. The molecule has 3 nitrogen and oxygen atoms in total. The predicted octanol–water partition coefficient (Wildman–Crippen LogP) is 1.49. The summed E-state index contributed by atoms with van der Waals surface area (Å²) in [5.41, 5.74) is 1.05. The van der Waals surface area contributed by atoms with Crippen molar-refractivity contribution in [3.63, 3.8) is 0 Å². The molecule has 0 bridgehead atoms. The van der Waals surface area contributed by atoms with Gasteiger partial charge < -0.3 is 15.2 Å². The molecule has 0 saturated heterocycles. The standard InChI is InChI=1S/C10H15NO2/c1-8(12)7-13-10-5-3-9(11-2)4-6-10/h3-6,8,11-12H,7H2,1-2H3. The largest absolute Gasteiger partial charge is 0.491 e. The molecule has 0 heterocycles. The molecule has 1 atom stereocenters. The van der Waals surface area contributed by atoms with Gasteiger partial charge in [0.15, 0.2) is 0 Å². The summed E-state index contributed by atoms with van der Waals surface area (Å²) < 4.78 is 5.29. The molecule has 0 fully saturated rings. The molecule has 0 spiro atoms. The van der Waals surface area contributed by atoms with Gasteiger partial charge in [0.25, 0.3) is 0 Å². The van der Waals surface area contributed by atoms with Crippen molar-refractivity contribution in [3.8, 4) is 5.75 Å². The van der Waals surface area contributed by atoms with E-state index in [1.165, 1.54) is 0 Å². The predicted molar refractivity (Wildman–Crippen MR) is 53.2 cm³/mol. The zero-order valence-corrected chi connectivity index (χ0v) is 7.95. The number of rotatable bonds is 4. The molecule has 0 aliphatic rings. The Morgan fingerprint density at radius 2 is 2.00 bits per heavy atom. The van der Waals surface area contributed by atoms with Crippen LogP contribution in [-0.2, 0) is 0 Å². The molecule has 1 rings (SSSR count). The second-order valence-electron chi connectivity index (χ2n) is 2.93. The maximum absolute atomic E-state index is 8.98. The van der Waals surface area contributed by atoms with E-state index in [-0.39, 0.29) is 0 Å².